The fraction of sp³-hybridized carbons (Fsp3) is 0.417. The molecule has 2 heterocycles. The minimum Gasteiger partial charge on any atom is -0.465 e. The van der Waals surface area contributed by atoms with E-state index in [1.807, 2.05) is 36.4 Å². The molecule has 4 rings (SSSR count). The summed E-state index contributed by atoms with van der Waals surface area (Å²) in [6.45, 7) is 0.373. The topological polar surface area (TPSA) is 41.9 Å². The van der Waals surface area contributed by atoms with Crippen LogP contribution in [0.15, 0.2) is 53.5 Å². The molecule has 0 amide bonds. The summed E-state index contributed by atoms with van der Waals surface area (Å²) < 4.78 is 5.79. The van der Waals surface area contributed by atoms with E-state index in [2.05, 4.69) is 46.5 Å². The van der Waals surface area contributed by atoms with Crippen LogP contribution in [0.5, 0.6) is 0 Å². The summed E-state index contributed by atoms with van der Waals surface area (Å²) >= 11 is 10.7. The van der Waals surface area contributed by atoms with Crippen molar-refractivity contribution >= 4 is 40.6 Å². The first-order valence-corrected chi connectivity index (χ1v) is 11.2. The average molecular weight is 441 g/mol. The van der Waals surface area contributed by atoms with Crippen molar-refractivity contribution in [3.05, 3.63) is 64.7 Å². The van der Waals surface area contributed by atoms with Gasteiger partial charge in [-0.15, -0.1) is 0 Å². The molecule has 2 bridgehead atoms. The van der Waals surface area contributed by atoms with E-state index in [-0.39, 0.29) is 23.8 Å². The van der Waals surface area contributed by atoms with E-state index < -0.39 is 0 Å². The van der Waals surface area contributed by atoms with Crippen LogP contribution in [0, 0.1) is 5.92 Å². The second-order valence-corrected chi connectivity index (χ2v) is 8.79. The van der Waals surface area contributed by atoms with Crippen LogP contribution in [-0.4, -0.2) is 41.8 Å². The Labute approximate surface area is 187 Å². The molecule has 0 radical (unpaired) electrons. The highest BCUT2D eigenvalue weighted by Crippen LogP contribution is 2.46. The molecule has 156 valence electrons. The predicted octanol–water partition coefficient (Wildman–Crippen LogP) is 5.43. The molecule has 2 aliphatic heterocycles. The normalized spacial score (nSPS) is 25.5. The number of rotatable bonds is 6. The third-order valence-corrected chi connectivity index (χ3v) is 6.93. The van der Waals surface area contributed by atoms with Crippen molar-refractivity contribution in [2.45, 2.75) is 43.7 Å². The molecular weight excluding hydrogens is 416 g/mol. The Kier molecular flexibility index (Phi) is 6.64. The summed E-state index contributed by atoms with van der Waals surface area (Å²) in [4.78, 5) is 19.5. The van der Waals surface area contributed by atoms with Gasteiger partial charge in [-0.1, -0.05) is 35.9 Å². The van der Waals surface area contributed by atoms with Gasteiger partial charge in [-0.3, -0.25) is 9.69 Å². The molecule has 2 saturated heterocycles. The largest absolute Gasteiger partial charge is 0.465 e. The number of isothiocyanates is 1. The first-order valence-electron chi connectivity index (χ1n) is 10.4. The van der Waals surface area contributed by atoms with Gasteiger partial charge in [0.05, 0.1) is 23.4 Å². The second-order valence-electron chi connectivity index (χ2n) is 8.17. The molecule has 0 spiro atoms. The number of thiocarbonyl (C=S) groups is 1. The van der Waals surface area contributed by atoms with Gasteiger partial charge in [0.1, 0.15) is 0 Å². The fourth-order valence-corrected chi connectivity index (χ4v) is 5.23. The van der Waals surface area contributed by atoms with E-state index in [1.165, 1.54) is 5.56 Å². The number of hydrogen-bond donors (Lipinski definition) is 0. The molecule has 4 nitrogen and oxygen atoms in total. The molecular formula is C24H25ClN2O2S. The highest BCUT2D eigenvalue weighted by atomic mass is 35.5. The van der Waals surface area contributed by atoms with Crippen molar-refractivity contribution in [3.8, 4) is 0 Å². The number of fused-ring (bicyclic) bond motifs is 2. The van der Waals surface area contributed by atoms with Gasteiger partial charge < -0.3 is 4.74 Å². The molecule has 6 heteroatoms. The summed E-state index contributed by atoms with van der Waals surface area (Å²) in [5.41, 5.74) is 3.06. The maximum absolute atomic E-state index is 13.2. The van der Waals surface area contributed by atoms with Gasteiger partial charge in [0, 0.05) is 29.4 Å². The van der Waals surface area contributed by atoms with Gasteiger partial charge in [0.2, 0.25) is 0 Å². The number of esters is 1. The smallest absolute Gasteiger partial charge is 0.311 e. The fourth-order valence-electron chi connectivity index (χ4n) is 5.00. The summed E-state index contributed by atoms with van der Waals surface area (Å²) in [5.74, 6) is -0.0569. The first-order chi connectivity index (χ1) is 14.6. The van der Waals surface area contributed by atoms with E-state index in [0.717, 1.165) is 35.5 Å². The van der Waals surface area contributed by atoms with Gasteiger partial charge in [0.15, 0.2) is 0 Å². The van der Waals surface area contributed by atoms with Crippen LogP contribution in [0.2, 0.25) is 5.02 Å². The number of ether oxygens (including phenoxy) is 1. The molecule has 1 unspecified atom stereocenters. The lowest BCUT2D eigenvalue weighted by Gasteiger charge is -2.42. The van der Waals surface area contributed by atoms with Crippen LogP contribution in [0.1, 0.15) is 36.3 Å². The standard InChI is InChI=1S/C24H25ClN2O2S/c1-27-20-10-11-22(27)23(21(14-20)17-4-6-18(25)7-5-17)24(28)29-13-12-16-2-8-19(9-3-16)26-15-30/h2-9,20-23H,10-14H2,1H3/t20-,21-,22?,23+/m1/s1. The third-order valence-electron chi connectivity index (χ3n) is 6.59. The Morgan fingerprint density at radius 3 is 2.63 bits per heavy atom. The average Bonchev–Trinajstić information content (AvgIpc) is 2.98. The Morgan fingerprint density at radius 1 is 1.20 bits per heavy atom. The van der Waals surface area contributed by atoms with Crippen molar-refractivity contribution in [3.63, 3.8) is 0 Å². The second kappa shape index (κ2) is 9.40. The molecule has 2 fully saturated rings. The highest BCUT2D eigenvalue weighted by Gasteiger charge is 2.49. The molecule has 4 atom stereocenters. The summed E-state index contributed by atoms with van der Waals surface area (Å²) in [6, 6.07) is 16.5. The van der Waals surface area contributed by atoms with Crippen LogP contribution in [0.4, 0.5) is 5.69 Å². The minimum atomic E-state index is -0.144. The van der Waals surface area contributed by atoms with Gasteiger partial charge in [-0.25, -0.2) is 0 Å². The van der Waals surface area contributed by atoms with Gasteiger partial charge in [-0.2, -0.15) is 4.99 Å². The Morgan fingerprint density at radius 2 is 1.93 bits per heavy atom. The number of hydrogen-bond acceptors (Lipinski definition) is 5. The Bertz CT molecular complexity index is 941. The van der Waals surface area contributed by atoms with Crippen molar-refractivity contribution < 1.29 is 9.53 Å². The summed E-state index contributed by atoms with van der Waals surface area (Å²) in [7, 11) is 2.14. The number of carbonyl (C=O) groups is 1. The number of aliphatic imine (C=N–C) groups is 1. The Hall–Kier alpha value is -2.04. The lowest BCUT2D eigenvalue weighted by atomic mass is 9.76. The molecule has 0 aliphatic carbocycles. The zero-order chi connectivity index (χ0) is 21.1. The summed E-state index contributed by atoms with van der Waals surface area (Å²) in [5, 5.41) is 3.08. The number of nitrogens with zero attached hydrogens (tertiary/aromatic N) is 2. The molecule has 2 aliphatic rings. The molecule has 0 saturated carbocycles. The van der Waals surface area contributed by atoms with Crippen molar-refractivity contribution in [1.29, 1.82) is 0 Å². The highest BCUT2D eigenvalue weighted by molar-refractivity contribution is 7.78. The molecule has 30 heavy (non-hydrogen) atoms. The maximum Gasteiger partial charge on any atom is 0.311 e. The lowest BCUT2D eigenvalue weighted by Crippen LogP contribution is -2.49. The zero-order valence-corrected chi connectivity index (χ0v) is 18.5. The maximum atomic E-state index is 13.2. The lowest BCUT2D eigenvalue weighted by molar-refractivity contribution is -0.153. The zero-order valence-electron chi connectivity index (χ0n) is 17.0. The van der Waals surface area contributed by atoms with E-state index in [1.54, 1.807) is 0 Å². The van der Waals surface area contributed by atoms with Crippen LogP contribution >= 0.6 is 23.8 Å². The third kappa shape index (κ3) is 4.50. The van der Waals surface area contributed by atoms with Gasteiger partial charge in [0.25, 0.3) is 0 Å². The monoisotopic (exact) mass is 440 g/mol. The minimum absolute atomic E-state index is 0.0888. The number of benzene rings is 2. The van der Waals surface area contributed by atoms with Crippen LogP contribution in [-0.2, 0) is 16.0 Å². The van der Waals surface area contributed by atoms with Gasteiger partial charge >= 0.3 is 5.97 Å². The SMILES string of the molecule is CN1C2CC[C@@H]1C[C@H](c1ccc(Cl)cc1)[C@@H]2C(=O)OCCc1ccc(N=C=S)cc1. The van der Waals surface area contributed by atoms with Crippen molar-refractivity contribution in [1.82, 2.24) is 4.90 Å². The van der Waals surface area contributed by atoms with Crippen LogP contribution < -0.4 is 0 Å². The number of halogens is 1. The van der Waals surface area contributed by atoms with Crippen LogP contribution in [0.25, 0.3) is 0 Å². The molecule has 2 aromatic rings. The first kappa shape index (κ1) is 21.2. The number of piperidine rings is 1. The molecule has 2 aromatic carbocycles. The molecule has 0 N–H and O–H groups in total. The van der Waals surface area contributed by atoms with E-state index in [0.29, 0.717) is 19.1 Å². The van der Waals surface area contributed by atoms with Crippen molar-refractivity contribution in [2.24, 2.45) is 10.9 Å². The molecule has 0 aromatic heterocycles. The van der Waals surface area contributed by atoms with E-state index in [4.69, 9.17) is 16.3 Å². The quantitative estimate of drug-likeness (QED) is 0.341. The van der Waals surface area contributed by atoms with Gasteiger partial charge in [-0.05, 0) is 73.9 Å². The van der Waals surface area contributed by atoms with E-state index in [9.17, 15) is 4.79 Å². The predicted molar refractivity (Wildman–Crippen MR) is 123 cm³/mol. The van der Waals surface area contributed by atoms with E-state index >= 15 is 0 Å². The van der Waals surface area contributed by atoms with Crippen molar-refractivity contribution in [2.75, 3.05) is 13.7 Å². The number of carbonyl (C=O) groups excluding carboxylic acids is 1. The summed E-state index contributed by atoms with van der Waals surface area (Å²) in [6.07, 6.45) is 3.85. The van der Waals surface area contributed by atoms with Crippen LogP contribution in [0.3, 0.4) is 0 Å². The Balaban J connectivity index is 1.44.